The summed E-state index contributed by atoms with van der Waals surface area (Å²) < 4.78 is 12.8. The van der Waals surface area contributed by atoms with E-state index >= 15 is 0 Å². The summed E-state index contributed by atoms with van der Waals surface area (Å²) in [6, 6.07) is 9.74. The molecule has 11 heteroatoms. The van der Waals surface area contributed by atoms with Gasteiger partial charge in [0.15, 0.2) is 0 Å². The van der Waals surface area contributed by atoms with Gasteiger partial charge in [0, 0.05) is 31.1 Å². The van der Waals surface area contributed by atoms with Crippen molar-refractivity contribution in [3.63, 3.8) is 0 Å². The Kier molecular flexibility index (Phi) is 11.0. The summed E-state index contributed by atoms with van der Waals surface area (Å²) in [5.41, 5.74) is 2.82. The second-order valence-corrected chi connectivity index (χ2v) is 15.7. The van der Waals surface area contributed by atoms with E-state index in [0.717, 1.165) is 62.6 Å². The number of nitrogens with one attached hydrogen (secondary N) is 2. The van der Waals surface area contributed by atoms with Gasteiger partial charge in [-0.25, -0.2) is 4.52 Å². The predicted molar refractivity (Wildman–Crippen MR) is 187 cm³/mol. The quantitative estimate of drug-likeness (QED) is 0.230. The number of ether oxygens (including phenoxy) is 2. The fourth-order valence-corrected chi connectivity index (χ4v) is 6.89. The van der Waals surface area contributed by atoms with Gasteiger partial charge in [0.25, 0.3) is 5.91 Å². The number of carbonyl (C=O) groups excluding carboxylic acids is 3. The Morgan fingerprint density at radius 3 is 1.96 bits per heavy atom. The molecule has 2 aliphatic rings. The Morgan fingerprint density at radius 2 is 1.41 bits per heavy atom. The molecule has 0 bridgehead atoms. The zero-order valence-corrected chi connectivity index (χ0v) is 29.7. The first kappa shape index (κ1) is 35.8. The lowest BCUT2D eigenvalue weighted by atomic mass is 9.83. The van der Waals surface area contributed by atoms with Crippen molar-refractivity contribution >= 4 is 29.0 Å². The molecule has 3 aromatic heterocycles. The second-order valence-electron chi connectivity index (χ2n) is 15.7. The molecule has 49 heavy (non-hydrogen) atoms. The van der Waals surface area contributed by atoms with Gasteiger partial charge in [0.2, 0.25) is 0 Å². The van der Waals surface area contributed by atoms with Gasteiger partial charge in [-0.05, 0) is 129 Å². The van der Waals surface area contributed by atoms with Crippen LogP contribution in [0.15, 0.2) is 36.7 Å². The van der Waals surface area contributed by atoms with Crippen LogP contribution < -0.4 is 10.6 Å². The molecule has 262 valence electrons. The first-order chi connectivity index (χ1) is 23.2. The fraction of sp³-hybridized carbons (Fsp3) is 0.579. The van der Waals surface area contributed by atoms with E-state index in [1.165, 1.54) is 6.20 Å². The van der Waals surface area contributed by atoms with Crippen molar-refractivity contribution < 1.29 is 23.9 Å². The lowest BCUT2D eigenvalue weighted by Gasteiger charge is -2.31. The Morgan fingerprint density at radius 1 is 0.837 bits per heavy atom. The maximum Gasteiger partial charge on any atom is 0.306 e. The first-order valence-corrected chi connectivity index (χ1v) is 17.5. The molecular weight excluding hydrogens is 620 g/mol. The monoisotopic (exact) mass is 670 g/mol. The lowest BCUT2D eigenvalue weighted by molar-refractivity contribution is -0.157. The number of hydrogen-bond donors (Lipinski definition) is 2. The molecule has 0 radical (unpaired) electrons. The maximum absolute atomic E-state index is 13.8. The van der Waals surface area contributed by atoms with Crippen LogP contribution in [0, 0.1) is 23.2 Å². The molecule has 3 aromatic rings. The van der Waals surface area contributed by atoms with Crippen molar-refractivity contribution in [2.45, 2.75) is 129 Å². The molecule has 0 spiro atoms. The minimum Gasteiger partial charge on any atom is -0.460 e. The zero-order valence-electron chi connectivity index (χ0n) is 29.7. The van der Waals surface area contributed by atoms with Gasteiger partial charge in [0.1, 0.15) is 17.3 Å². The van der Waals surface area contributed by atoms with Crippen molar-refractivity contribution in [2.24, 2.45) is 11.8 Å². The molecule has 0 saturated heterocycles. The molecule has 2 fully saturated rings. The molecule has 2 saturated carbocycles. The number of pyridine rings is 1. The molecular formula is C38H50N6O5. The minimum atomic E-state index is -0.497. The molecule has 2 N–H and O–H groups in total. The molecule has 0 aromatic carbocycles. The van der Waals surface area contributed by atoms with Crippen molar-refractivity contribution in [2.75, 3.05) is 5.32 Å². The molecule has 0 unspecified atom stereocenters. The summed E-state index contributed by atoms with van der Waals surface area (Å²) in [7, 11) is 0. The third-order valence-corrected chi connectivity index (χ3v) is 9.18. The summed E-state index contributed by atoms with van der Waals surface area (Å²) in [5, 5.41) is 20.6. The van der Waals surface area contributed by atoms with Gasteiger partial charge in [0.05, 0.1) is 39.9 Å². The molecule has 1 amide bonds. The standard InChI is InChI=1S/C38H50N6O5/c1-37(2,3)48-34(45)18-24-7-11-27(12-8-24)42-31-20-32(33-16-15-29-17-26(21-39)22-41-44(29)33)40-23-30(31)36(47)43-28-13-9-25(10-14-28)19-35(46)49-38(4,5)6/h15-17,20,22-25,27-28H,7-14,18-19H2,1-6H3,(H,40,42)(H,43,47). The van der Waals surface area contributed by atoms with Gasteiger partial charge in [-0.15, -0.1) is 0 Å². The molecule has 11 nitrogen and oxygen atoms in total. The molecule has 5 rings (SSSR count). The Labute approximate surface area is 289 Å². The van der Waals surface area contributed by atoms with E-state index in [-0.39, 0.29) is 41.8 Å². The fourth-order valence-electron chi connectivity index (χ4n) is 6.89. The van der Waals surface area contributed by atoms with Crippen LogP contribution in [0.25, 0.3) is 16.9 Å². The Balaban J connectivity index is 1.28. The normalized spacial score (nSPS) is 21.4. The van der Waals surface area contributed by atoms with Crippen LogP contribution in [0.4, 0.5) is 5.69 Å². The van der Waals surface area contributed by atoms with Gasteiger partial charge in [-0.1, -0.05) is 0 Å². The third-order valence-electron chi connectivity index (χ3n) is 9.18. The number of rotatable bonds is 9. The number of amides is 1. The topological polar surface area (TPSA) is 148 Å². The number of carbonyl (C=O) groups is 3. The number of fused-ring (bicyclic) bond motifs is 1. The average Bonchev–Trinajstić information content (AvgIpc) is 3.44. The molecule has 2 aliphatic carbocycles. The van der Waals surface area contributed by atoms with E-state index in [1.54, 1.807) is 16.8 Å². The van der Waals surface area contributed by atoms with Crippen LogP contribution in [0.3, 0.4) is 0 Å². The van der Waals surface area contributed by atoms with Gasteiger partial charge < -0.3 is 20.1 Å². The number of hydrogen-bond acceptors (Lipinski definition) is 9. The van der Waals surface area contributed by atoms with Crippen LogP contribution in [-0.4, -0.2) is 55.7 Å². The second kappa shape index (κ2) is 15.0. The van der Waals surface area contributed by atoms with Gasteiger partial charge >= 0.3 is 11.9 Å². The number of nitrogens with zero attached hydrogens (tertiary/aromatic N) is 4. The van der Waals surface area contributed by atoms with Crippen molar-refractivity contribution in [1.29, 1.82) is 5.26 Å². The number of anilines is 1. The van der Waals surface area contributed by atoms with E-state index in [1.807, 2.05) is 59.7 Å². The first-order valence-electron chi connectivity index (χ1n) is 17.5. The van der Waals surface area contributed by atoms with Crippen LogP contribution in [0.5, 0.6) is 0 Å². The van der Waals surface area contributed by atoms with Crippen LogP contribution in [-0.2, 0) is 19.1 Å². The van der Waals surface area contributed by atoms with E-state index in [4.69, 9.17) is 14.5 Å². The molecule has 0 aliphatic heterocycles. The third kappa shape index (κ3) is 10.0. The summed E-state index contributed by atoms with van der Waals surface area (Å²) in [6.07, 6.45) is 10.7. The van der Waals surface area contributed by atoms with Crippen molar-refractivity contribution in [3.8, 4) is 17.5 Å². The maximum atomic E-state index is 13.8. The lowest BCUT2D eigenvalue weighted by Crippen LogP contribution is -2.38. The van der Waals surface area contributed by atoms with Gasteiger partial charge in [-0.2, -0.15) is 10.4 Å². The van der Waals surface area contributed by atoms with Crippen LogP contribution in [0.1, 0.15) is 122 Å². The molecule has 3 heterocycles. The van der Waals surface area contributed by atoms with E-state index in [0.29, 0.717) is 35.3 Å². The van der Waals surface area contributed by atoms with Crippen LogP contribution >= 0.6 is 0 Å². The highest BCUT2D eigenvalue weighted by Crippen LogP contribution is 2.33. The average molecular weight is 671 g/mol. The zero-order chi connectivity index (χ0) is 35.3. The smallest absolute Gasteiger partial charge is 0.306 e. The SMILES string of the molecule is CC(C)(C)OC(=O)CC1CCC(NC(=O)c2cnc(-c3ccc4cc(C#N)cnn34)cc2NC2CCC(CC(=O)OC(C)(C)C)CC2)CC1. The van der Waals surface area contributed by atoms with Gasteiger partial charge in [-0.3, -0.25) is 19.4 Å². The summed E-state index contributed by atoms with van der Waals surface area (Å²) in [5.74, 6) is 0.00660. The van der Waals surface area contributed by atoms with E-state index in [2.05, 4.69) is 21.8 Å². The predicted octanol–water partition coefficient (Wildman–Crippen LogP) is 6.99. The Hall–Kier alpha value is -4.46. The van der Waals surface area contributed by atoms with Crippen LogP contribution in [0.2, 0.25) is 0 Å². The minimum absolute atomic E-state index is 0.00584. The highest BCUT2D eigenvalue weighted by molar-refractivity contribution is 6.00. The van der Waals surface area contributed by atoms with Crippen molar-refractivity contribution in [3.05, 3.63) is 47.8 Å². The summed E-state index contributed by atoms with van der Waals surface area (Å²) in [6.45, 7) is 11.3. The summed E-state index contributed by atoms with van der Waals surface area (Å²) >= 11 is 0. The number of esters is 2. The molecule has 0 atom stereocenters. The summed E-state index contributed by atoms with van der Waals surface area (Å²) in [4.78, 5) is 43.3. The highest BCUT2D eigenvalue weighted by atomic mass is 16.6. The van der Waals surface area contributed by atoms with Crippen molar-refractivity contribution in [1.82, 2.24) is 19.9 Å². The number of nitriles is 1. The highest BCUT2D eigenvalue weighted by Gasteiger charge is 2.29. The van der Waals surface area contributed by atoms with E-state index in [9.17, 15) is 19.6 Å². The number of aromatic nitrogens is 3. The largest absolute Gasteiger partial charge is 0.460 e. The van der Waals surface area contributed by atoms with E-state index < -0.39 is 11.2 Å². The Bertz CT molecular complexity index is 1700.